The fraction of sp³-hybridized carbons (Fsp3) is 0.391. The highest BCUT2D eigenvalue weighted by atomic mass is 35.5. The van der Waals surface area contributed by atoms with E-state index in [0.29, 0.717) is 41.1 Å². The van der Waals surface area contributed by atoms with Gasteiger partial charge < -0.3 is 19.1 Å². The van der Waals surface area contributed by atoms with Gasteiger partial charge in [0.15, 0.2) is 9.84 Å². The maximum atomic E-state index is 11.7. The van der Waals surface area contributed by atoms with Crippen LogP contribution < -0.4 is 9.64 Å². The van der Waals surface area contributed by atoms with Gasteiger partial charge in [-0.15, -0.1) is 0 Å². The van der Waals surface area contributed by atoms with Crippen molar-refractivity contribution in [1.29, 1.82) is 0 Å². The molecule has 3 aromatic rings. The number of aromatic nitrogens is 3. The van der Waals surface area contributed by atoms with Gasteiger partial charge in [-0.25, -0.2) is 18.1 Å². The highest BCUT2D eigenvalue weighted by Gasteiger charge is 2.45. The minimum atomic E-state index is -2.92. The van der Waals surface area contributed by atoms with Crippen LogP contribution in [0.4, 0.5) is 5.69 Å². The molecule has 0 saturated carbocycles. The second-order valence-electron chi connectivity index (χ2n) is 8.46. The molecule has 1 aromatic heterocycles. The summed E-state index contributed by atoms with van der Waals surface area (Å²) in [5.74, 6) is -0.126. The summed E-state index contributed by atoms with van der Waals surface area (Å²) in [7, 11) is -2.92. The second kappa shape index (κ2) is 9.94. The fourth-order valence-electron chi connectivity index (χ4n) is 4.20. The molecule has 2 aromatic carbocycles. The lowest BCUT2D eigenvalue weighted by molar-refractivity contribution is -0.190. The van der Waals surface area contributed by atoms with Crippen LogP contribution in [-0.2, 0) is 31.6 Å². The van der Waals surface area contributed by atoms with E-state index < -0.39 is 15.6 Å². The quantitative estimate of drug-likeness (QED) is 0.452. The van der Waals surface area contributed by atoms with Crippen LogP contribution in [0.2, 0.25) is 10.0 Å². The molecule has 12 heteroatoms. The lowest BCUT2D eigenvalue weighted by Crippen LogP contribution is -2.40. The Hall–Kier alpha value is -2.37. The van der Waals surface area contributed by atoms with Crippen molar-refractivity contribution in [3.8, 4) is 5.75 Å². The Labute approximate surface area is 213 Å². The Balaban J connectivity index is 1.24. The zero-order valence-electron chi connectivity index (χ0n) is 18.7. The molecule has 2 atom stereocenters. The highest BCUT2D eigenvalue weighted by molar-refractivity contribution is 7.91. The number of halogens is 2. The average Bonchev–Trinajstić information content (AvgIpc) is 3.49. The molecule has 0 radical (unpaired) electrons. The maximum absolute atomic E-state index is 11.7. The van der Waals surface area contributed by atoms with Gasteiger partial charge in [-0.05, 0) is 36.4 Å². The van der Waals surface area contributed by atoms with Crippen LogP contribution in [-0.4, -0.2) is 67.1 Å². The van der Waals surface area contributed by atoms with E-state index in [1.165, 1.54) is 6.33 Å². The zero-order valence-corrected chi connectivity index (χ0v) is 21.0. The summed E-state index contributed by atoms with van der Waals surface area (Å²) in [5, 5.41) is 5.13. The molecular weight excluding hydrogens is 515 g/mol. The van der Waals surface area contributed by atoms with Crippen molar-refractivity contribution >= 4 is 38.7 Å². The SMILES string of the molecule is O=S1(=O)CCN(c2ccc(OC[C@@H]3CO[C@@](Cn4cncn4)(c4ccc(Cl)cc4Cl)O3)cc2)CC1. The van der Waals surface area contributed by atoms with Crippen molar-refractivity contribution in [3.05, 3.63) is 70.7 Å². The van der Waals surface area contributed by atoms with Crippen molar-refractivity contribution in [2.75, 3.05) is 42.7 Å². The van der Waals surface area contributed by atoms with Gasteiger partial charge in [0.05, 0.1) is 23.1 Å². The third kappa shape index (κ3) is 5.57. The number of hydrogen-bond acceptors (Lipinski definition) is 8. The first-order chi connectivity index (χ1) is 16.8. The van der Waals surface area contributed by atoms with Crippen LogP contribution in [0.1, 0.15) is 5.56 Å². The molecule has 35 heavy (non-hydrogen) atoms. The van der Waals surface area contributed by atoms with E-state index in [1.54, 1.807) is 29.2 Å². The van der Waals surface area contributed by atoms with Crippen LogP contribution in [0.25, 0.3) is 0 Å². The van der Waals surface area contributed by atoms with Crippen molar-refractivity contribution in [1.82, 2.24) is 14.8 Å². The Morgan fingerprint density at radius 3 is 2.57 bits per heavy atom. The predicted molar refractivity (Wildman–Crippen MR) is 132 cm³/mol. The van der Waals surface area contributed by atoms with Gasteiger partial charge in [0.1, 0.15) is 37.7 Å². The van der Waals surface area contributed by atoms with Crippen LogP contribution in [0.15, 0.2) is 55.1 Å². The normalized spacial score (nSPS) is 23.9. The van der Waals surface area contributed by atoms with Gasteiger partial charge >= 0.3 is 0 Å². The molecular formula is C23H24Cl2N4O5S. The predicted octanol–water partition coefficient (Wildman–Crippen LogP) is 3.17. The average molecular weight is 539 g/mol. The molecule has 2 saturated heterocycles. The number of anilines is 1. The molecule has 0 N–H and O–H groups in total. The first-order valence-electron chi connectivity index (χ1n) is 11.1. The Morgan fingerprint density at radius 2 is 1.89 bits per heavy atom. The van der Waals surface area contributed by atoms with Gasteiger partial charge in [0.25, 0.3) is 0 Å². The number of ether oxygens (including phenoxy) is 3. The van der Waals surface area contributed by atoms with E-state index in [1.807, 2.05) is 24.3 Å². The lowest BCUT2D eigenvalue weighted by atomic mass is 10.1. The van der Waals surface area contributed by atoms with Gasteiger partial charge in [-0.3, -0.25) is 0 Å². The van der Waals surface area contributed by atoms with Crippen LogP contribution in [0.5, 0.6) is 5.75 Å². The van der Waals surface area contributed by atoms with Gasteiger partial charge in [0, 0.05) is 29.4 Å². The number of benzene rings is 2. The van der Waals surface area contributed by atoms with E-state index in [2.05, 4.69) is 15.0 Å². The highest BCUT2D eigenvalue weighted by Crippen LogP contribution is 2.40. The molecule has 2 aliphatic heterocycles. The summed E-state index contributed by atoms with van der Waals surface area (Å²) in [6, 6.07) is 12.8. The summed E-state index contributed by atoms with van der Waals surface area (Å²) in [4.78, 5) is 6.06. The van der Waals surface area contributed by atoms with Crippen LogP contribution >= 0.6 is 23.2 Å². The van der Waals surface area contributed by atoms with E-state index in [9.17, 15) is 8.42 Å². The van der Waals surface area contributed by atoms with E-state index in [4.69, 9.17) is 37.4 Å². The summed E-state index contributed by atoms with van der Waals surface area (Å²) < 4.78 is 43.4. The van der Waals surface area contributed by atoms with Crippen LogP contribution in [0.3, 0.4) is 0 Å². The lowest BCUT2D eigenvalue weighted by Gasteiger charge is -2.29. The minimum Gasteiger partial charge on any atom is -0.491 e. The molecule has 0 unspecified atom stereocenters. The van der Waals surface area contributed by atoms with Crippen molar-refractivity contribution in [3.63, 3.8) is 0 Å². The smallest absolute Gasteiger partial charge is 0.217 e. The number of sulfone groups is 1. The van der Waals surface area contributed by atoms with Gasteiger partial charge in [-0.2, -0.15) is 5.10 Å². The van der Waals surface area contributed by atoms with Crippen molar-refractivity contribution in [2.45, 2.75) is 18.4 Å². The number of nitrogens with zero attached hydrogens (tertiary/aromatic N) is 4. The summed E-state index contributed by atoms with van der Waals surface area (Å²) in [6.45, 7) is 1.82. The Bertz CT molecular complexity index is 1260. The van der Waals surface area contributed by atoms with E-state index in [0.717, 1.165) is 5.69 Å². The van der Waals surface area contributed by atoms with Crippen LogP contribution in [0, 0.1) is 0 Å². The molecule has 186 valence electrons. The molecule has 0 amide bonds. The first kappa shape index (κ1) is 24.3. The number of rotatable bonds is 7. The molecule has 2 aliphatic rings. The fourth-order valence-corrected chi connectivity index (χ4v) is 5.95. The second-order valence-corrected chi connectivity index (χ2v) is 11.6. The maximum Gasteiger partial charge on any atom is 0.217 e. The van der Waals surface area contributed by atoms with E-state index >= 15 is 0 Å². The number of hydrogen-bond donors (Lipinski definition) is 0. The van der Waals surface area contributed by atoms with E-state index in [-0.39, 0.29) is 30.8 Å². The minimum absolute atomic E-state index is 0.179. The molecule has 9 nitrogen and oxygen atoms in total. The summed E-state index contributed by atoms with van der Waals surface area (Å²) >= 11 is 12.6. The van der Waals surface area contributed by atoms with Gasteiger partial charge in [0.2, 0.25) is 5.79 Å². The Kier molecular flexibility index (Phi) is 6.91. The molecule has 0 aliphatic carbocycles. The summed E-state index contributed by atoms with van der Waals surface area (Å²) in [5.41, 5.74) is 1.62. The Morgan fingerprint density at radius 1 is 1.11 bits per heavy atom. The third-order valence-electron chi connectivity index (χ3n) is 6.02. The topological polar surface area (TPSA) is 95.8 Å². The molecule has 0 bridgehead atoms. The molecule has 2 fully saturated rings. The summed E-state index contributed by atoms with van der Waals surface area (Å²) in [6.07, 6.45) is 2.68. The largest absolute Gasteiger partial charge is 0.491 e. The monoisotopic (exact) mass is 538 g/mol. The first-order valence-corrected chi connectivity index (χ1v) is 13.7. The molecule has 0 spiro atoms. The van der Waals surface area contributed by atoms with Crippen molar-refractivity contribution in [2.24, 2.45) is 0 Å². The third-order valence-corrected chi connectivity index (χ3v) is 8.18. The zero-order chi connectivity index (χ0) is 24.5. The molecule has 3 heterocycles. The van der Waals surface area contributed by atoms with Gasteiger partial charge in [-0.1, -0.05) is 29.3 Å². The molecule has 5 rings (SSSR count). The van der Waals surface area contributed by atoms with Crippen molar-refractivity contribution < 1.29 is 22.6 Å². The standard InChI is InChI=1S/C23H24Cl2N4O5S/c24-17-1-6-21(22(25)11-17)23(14-29-16-26-15-27-29)33-13-20(34-23)12-32-19-4-2-18(3-5-19)28-7-9-35(30,31)10-8-28/h1-6,11,15-16,20H,7-10,12-14H2/t20-,23-/m1/s1.